The first-order chi connectivity index (χ1) is 14.7. The van der Waals surface area contributed by atoms with Gasteiger partial charge in [-0.15, -0.1) is 0 Å². The van der Waals surface area contributed by atoms with E-state index in [1.165, 1.54) is 61.3 Å². The predicted molar refractivity (Wildman–Crippen MR) is 124 cm³/mol. The summed E-state index contributed by atoms with van der Waals surface area (Å²) < 4.78 is 0. The van der Waals surface area contributed by atoms with Crippen molar-refractivity contribution in [3.63, 3.8) is 0 Å². The van der Waals surface area contributed by atoms with E-state index in [1.54, 1.807) is 0 Å². The van der Waals surface area contributed by atoms with Crippen molar-refractivity contribution in [2.45, 2.75) is 83.0 Å². The van der Waals surface area contributed by atoms with E-state index in [4.69, 9.17) is 0 Å². The number of benzene rings is 2. The standard InChI is InChI=1S/C26H37N3O/c1-2-27-26(30)25-17-23(28-22-14-6-4-3-5-7-15-22)19-29(25)18-21-13-10-12-20-11-8-9-16-24(20)21/h8-13,16,22-23,25,28H,2-7,14-15,17-19H2,1H3,(H,27,30)/t23-,25-/m0/s1. The Balaban J connectivity index is 1.48. The van der Waals surface area contributed by atoms with Crippen LogP contribution in [0.4, 0.5) is 0 Å². The van der Waals surface area contributed by atoms with E-state index in [1.807, 2.05) is 6.92 Å². The van der Waals surface area contributed by atoms with Gasteiger partial charge in [-0.2, -0.15) is 0 Å². The van der Waals surface area contributed by atoms with Gasteiger partial charge in [-0.05, 0) is 42.5 Å². The molecule has 0 spiro atoms. The Morgan fingerprint density at radius 1 is 0.967 bits per heavy atom. The van der Waals surface area contributed by atoms with Crippen LogP contribution in [0.3, 0.4) is 0 Å². The molecular formula is C26H37N3O. The van der Waals surface area contributed by atoms with E-state index in [0.29, 0.717) is 18.6 Å². The molecule has 1 saturated carbocycles. The van der Waals surface area contributed by atoms with Crippen LogP contribution in [-0.2, 0) is 11.3 Å². The van der Waals surface area contributed by atoms with Crippen molar-refractivity contribution >= 4 is 16.7 Å². The molecule has 4 heteroatoms. The highest BCUT2D eigenvalue weighted by molar-refractivity contribution is 5.86. The van der Waals surface area contributed by atoms with Crippen LogP contribution in [0, 0.1) is 0 Å². The Morgan fingerprint density at radius 2 is 1.70 bits per heavy atom. The highest BCUT2D eigenvalue weighted by Gasteiger charge is 2.37. The van der Waals surface area contributed by atoms with Crippen molar-refractivity contribution in [2.24, 2.45) is 0 Å². The highest BCUT2D eigenvalue weighted by Crippen LogP contribution is 2.26. The van der Waals surface area contributed by atoms with Crippen LogP contribution in [0.2, 0.25) is 0 Å². The molecule has 2 atom stereocenters. The van der Waals surface area contributed by atoms with Crippen molar-refractivity contribution < 1.29 is 4.79 Å². The molecule has 30 heavy (non-hydrogen) atoms. The topological polar surface area (TPSA) is 44.4 Å². The number of nitrogens with one attached hydrogen (secondary N) is 2. The minimum absolute atomic E-state index is 0.0463. The molecule has 0 aromatic heterocycles. The first-order valence-electron chi connectivity index (χ1n) is 12.0. The monoisotopic (exact) mass is 407 g/mol. The minimum atomic E-state index is -0.0463. The maximum Gasteiger partial charge on any atom is 0.237 e. The number of likely N-dealkylation sites (tertiary alicyclic amines) is 1. The van der Waals surface area contributed by atoms with Crippen molar-refractivity contribution in [3.8, 4) is 0 Å². The molecule has 1 aliphatic heterocycles. The van der Waals surface area contributed by atoms with Gasteiger partial charge in [0.25, 0.3) is 0 Å². The van der Waals surface area contributed by atoms with Crippen LogP contribution in [0.5, 0.6) is 0 Å². The van der Waals surface area contributed by atoms with Crippen molar-refractivity contribution in [1.29, 1.82) is 0 Å². The molecule has 1 amide bonds. The van der Waals surface area contributed by atoms with Gasteiger partial charge in [0.1, 0.15) is 0 Å². The molecule has 2 fully saturated rings. The summed E-state index contributed by atoms with van der Waals surface area (Å²) in [6.07, 6.45) is 10.3. The van der Waals surface area contributed by atoms with Gasteiger partial charge in [0, 0.05) is 31.7 Å². The fourth-order valence-electron chi connectivity index (χ4n) is 5.37. The molecule has 2 N–H and O–H groups in total. The Labute approximate surface area is 181 Å². The molecule has 4 rings (SSSR count). The number of hydrogen-bond donors (Lipinski definition) is 2. The number of carbonyl (C=O) groups excluding carboxylic acids is 1. The fraction of sp³-hybridized carbons (Fsp3) is 0.577. The molecule has 2 aromatic carbocycles. The number of amides is 1. The van der Waals surface area contributed by atoms with Gasteiger partial charge in [0.05, 0.1) is 6.04 Å². The molecule has 0 unspecified atom stereocenters. The third-order valence-corrected chi connectivity index (χ3v) is 6.89. The summed E-state index contributed by atoms with van der Waals surface area (Å²) >= 11 is 0. The summed E-state index contributed by atoms with van der Waals surface area (Å²) in [6, 6.07) is 16.1. The molecule has 162 valence electrons. The number of nitrogens with zero attached hydrogens (tertiary/aromatic N) is 1. The van der Waals surface area contributed by atoms with Gasteiger partial charge >= 0.3 is 0 Å². The Hall–Kier alpha value is -1.91. The van der Waals surface area contributed by atoms with Crippen molar-refractivity contribution in [1.82, 2.24) is 15.5 Å². The van der Waals surface area contributed by atoms with E-state index in [-0.39, 0.29) is 11.9 Å². The maximum absolute atomic E-state index is 12.9. The van der Waals surface area contributed by atoms with Crippen molar-refractivity contribution in [2.75, 3.05) is 13.1 Å². The molecule has 1 aliphatic carbocycles. The summed E-state index contributed by atoms with van der Waals surface area (Å²) in [7, 11) is 0. The van der Waals surface area contributed by atoms with Gasteiger partial charge in [-0.1, -0.05) is 74.6 Å². The third kappa shape index (κ3) is 5.22. The largest absolute Gasteiger partial charge is 0.355 e. The van der Waals surface area contributed by atoms with Crippen LogP contribution >= 0.6 is 0 Å². The van der Waals surface area contributed by atoms with E-state index in [2.05, 4.69) is 58.0 Å². The van der Waals surface area contributed by atoms with Crippen LogP contribution < -0.4 is 10.6 Å². The summed E-state index contributed by atoms with van der Waals surface area (Å²) in [4.78, 5) is 15.3. The molecule has 2 aliphatic rings. The Kier molecular flexibility index (Phi) is 7.40. The molecule has 0 bridgehead atoms. The smallest absolute Gasteiger partial charge is 0.237 e. The normalized spacial score (nSPS) is 23.9. The average molecular weight is 408 g/mol. The van der Waals surface area contributed by atoms with E-state index in [0.717, 1.165) is 19.5 Å². The maximum atomic E-state index is 12.9. The van der Waals surface area contributed by atoms with E-state index in [9.17, 15) is 4.79 Å². The second-order valence-electron chi connectivity index (χ2n) is 9.12. The average Bonchev–Trinajstić information content (AvgIpc) is 3.13. The number of rotatable bonds is 6. The van der Waals surface area contributed by atoms with Gasteiger partial charge in [0.2, 0.25) is 5.91 Å². The summed E-state index contributed by atoms with van der Waals surface area (Å²) in [5.41, 5.74) is 1.31. The summed E-state index contributed by atoms with van der Waals surface area (Å²) in [6.45, 7) is 4.47. The lowest BCUT2D eigenvalue weighted by atomic mass is 9.96. The fourth-order valence-corrected chi connectivity index (χ4v) is 5.37. The number of carbonyl (C=O) groups is 1. The zero-order chi connectivity index (χ0) is 20.8. The number of fused-ring (bicyclic) bond motifs is 1. The van der Waals surface area contributed by atoms with E-state index >= 15 is 0 Å². The lowest BCUT2D eigenvalue weighted by molar-refractivity contribution is -0.125. The van der Waals surface area contributed by atoms with E-state index < -0.39 is 0 Å². The molecule has 2 aromatic rings. The number of hydrogen-bond acceptors (Lipinski definition) is 3. The minimum Gasteiger partial charge on any atom is -0.355 e. The molecule has 0 radical (unpaired) electrons. The van der Waals surface area contributed by atoms with Crippen LogP contribution in [-0.4, -0.2) is 42.0 Å². The van der Waals surface area contributed by atoms with Gasteiger partial charge < -0.3 is 10.6 Å². The molecule has 1 heterocycles. The lowest BCUT2D eigenvalue weighted by Gasteiger charge is -2.25. The first kappa shape index (κ1) is 21.3. The Morgan fingerprint density at radius 3 is 2.50 bits per heavy atom. The zero-order valence-electron chi connectivity index (χ0n) is 18.4. The second kappa shape index (κ2) is 10.4. The number of likely N-dealkylation sites (N-methyl/N-ethyl adjacent to an activating group) is 1. The second-order valence-corrected chi connectivity index (χ2v) is 9.12. The molecule has 1 saturated heterocycles. The first-order valence-corrected chi connectivity index (χ1v) is 12.0. The quantitative estimate of drug-likeness (QED) is 0.734. The van der Waals surface area contributed by atoms with Crippen LogP contribution in [0.25, 0.3) is 10.8 Å². The SMILES string of the molecule is CCNC(=O)[C@@H]1C[C@H](NC2CCCCCCC2)CN1Cc1cccc2ccccc12. The van der Waals surface area contributed by atoms with Gasteiger partial charge in [0.15, 0.2) is 0 Å². The lowest BCUT2D eigenvalue weighted by Crippen LogP contribution is -2.42. The highest BCUT2D eigenvalue weighted by atomic mass is 16.2. The zero-order valence-corrected chi connectivity index (χ0v) is 18.4. The summed E-state index contributed by atoms with van der Waals surface area (Å²) in [5, 5.41) is 9.59. The van der Waals surface area contributed by atoms with Crippen molar-refractivity contribution in [3.05, 3.63) is 48.0 Å². The van der Waals surface area contributed by atoms with Gasteiger partial charge in [-0.25, -0.2) is 0 Å². The third-order valence-electron chi connectivity index (χ3n) is 6.89. The molecular weight excluding hydrogens is 370 g/mol. The van der Waals surface area contributed by atoms with Gasteiger partial charge in [-0.3, -0.25) is 9.69 Å². The van der Waals surface area contributed by atoms with Crippen LogP contribution in [0.15, 0.2) is 42.5 Å². The predicted octanol–water partition coefficient (Wildman–Crippen LogP) is 4.62. The summed E-state index contributed by atoms with van der Waals surface area (Å²) in [5.74, 6) is 0.180. The Bertz CT molecular complexity index is 823. The molecule has 4 nitrogen and oxygen atoms in total. The van der Waals surface area contributed by atoms with Crippen LogP contribution in [0.1, 0.15) is 63.9 Å².